The zero-order chi connectivity index (χ0) is 11.9. The van der Waals surface area contributed by atoms with Crippen molar-refractivity contribution in [1.82, 2.24) is 5.32 Å². The number of benzene rings is 1. The van der Waals surface area contributed by atoms with Crippen LogP contribution < -0.4 is 5.32 Å². The van der Waals surface area contributed by atoms with Gasteiger partial charge in [-0.25, -0.2) is 0 Å². The van der Waals surface area contributed by atoms with E-state index in [2.05, 4.69) is 24.4 Å². The summed E-state index contributed by atoms with van der Waals surface area (Å²) < 4.78 is 11.6. The first-order valence-electron chi connectivity index (χ1n) is 6.36. The summed E-state index contributed by atoms with van der Waals surface area (Å²) in [6.45, 7) is 5.34. The Kier molecular flexibility index (Phi) is 4.98. The highest BCUT2D eigenvalue weighted by molar-refractivity contribution is 5.13. The van der Waals surface area contributed by atoms with Gasteiger partial charge in [-0.05, 0) is 12.0 Å². The van der Waals surface area contributed by atoms with Gasteiger partial charge in [0.05, 0.1) is 25.4 Å². The van der Waals surface area contributed by atoms with Crippen LogP contribution in [0.4, 0.5) is 0 Å². The number of hydrogen-bond acceptors (Lipinski definition) is 3. The first-order chi connectivity index (χ1) is 8.38. The second-order valence-electron chi connectivity index (χ2n) is 4.45. The van der Waals surface area contributed by atoms with Gasteiger partial charge >= 0.3 is 0 Å². The van der Waals surface area contributed by atoms with Gasteiger partial charge in [-0.3, -0.25) is 0 Å². The molecule has 1 N–H and O–H groups in total. The third kappa shape index (κ3) is 4.11. The van der Waals surface area contributed by atoms with Crippen LogP contribution in [-0.2, 0) is 16.1 Å². The zero-order valence-corrected chi connectivity index (χ0v) is 10.4. The molecule has 1 fully saturated rings. The Labute approximate surface area is 103 Å². The Morgan fingerprint density at radius 2 is 2.00 bits per heavy atom. The average Bonchev–Trinajstić information content (AvgIpc) is 2.40. The van der Waals surface area contributed by atoms with Crippen LogP contribution in [0.25, 0.3) is 0 Å². The fourth-order valence-electron chi connectivity index (χ4n) is 1.99. The lowest BCUT2D eigenvalue weighted by atomic mass is 10.2. The van der Waals surface area contributed by atoms with E-state index in [-0.39, 0.29) is 6.10 Å². The third-order valence-corrected chi connectivity index (χ3v) is 3.00. The highest BCUT2D eigenvalue weighted by Gasteiger charge is 2.20. The van der Waals surface area contributed by atoms with E-state index >= 15 is 0 Å². The Morgan fingerprint density at radius 1 is 1.24 bits per heavy atom. The van der Waals surface area contributed by atoms with Crippen molar-refractivity contribution in [3.05, 3.63) is 35.9 Å². The molecule has 1 saturated heterocycles. The molecule has 0 spiro atoms. The SMILES string of the molecule is CCC1CNCC(COCc2ccccc2)O1. The maximum absolute atomic E-state index is 5.89. The van der Waals surface area contributed by atoms with Crippen LogP contribution in [0.1, 0.15) is 18.9 Å². The predicted molar refractivity (Wildman–Crippen MR) is 67.9 cm³/mol. The summed E-state index contributed by atoms with van der Waals surface area (Å²) in [5, 5.41) is 3.38. The fourth-order valence-corrected chi connectivity index (χ4v) is 1.99. The Morgan fingerprint density at radius 3 is 2.76 bits per heavy atom. The summed E-state index contributed by atoms with van der Waals surface area (Å²) in [4.78, 5) is 0. The van der Waals surface area contributed by atoms with Crippen LogP contribution in [0, 0.1) is 0 Å². The van der Waals surface area contributed by atoms with Crippen molar-refractivity contribution in [3.63, 3.8) is 0 Å². The molecule has 0 amide bonds. The largest absolute Gasteiger partial charge is 0.374 e. The molecule has 2 unspecified atom stereocenters. The van der Waals surface area contributed by atoms with E-state index in [1.165, 1.54) is 5.56 Å². The molecular weight excluding hydrogens is 214 g/mol. The van der Waals surface area contributed by atoms with Crippen molar-refractivity contribution < 1.29 is 9.47 Å². The summed E-state index contributed by atoms with van der Waals surface area (Å²) in [7, 11) is 0. The van der Waals surface area contributed by atoms with Gasteiger partial charge in [0, 0.05) is 13.1 Å². The summed E-state index contributed by atoms with van der Waals surface area (Å²) in [6.07, 6.45) is 1.59. The molecule has 1 aromatic carbocycles. The Hall–Kier alpha value is -0.900. The molecule has 0 bridgehead atoms. The quantitative estimate of drug-likeness (QED) is 0.846. The second kappa shape index (κ2) is 6.74. The van der Waals surface area contributed by atoms with Crippen molar-refractivity contribution >= 4 is 0 Å². The standard InChI is InChI=1S/C14H21NO2/c1-2-13-8-15-9-14(17-13)11-16-10-12-6-4-3-5-7-12/h3-7,13-15H,2,8-11H2,1H3. The van der Waals surface area contributed by atoms with E-state index in [1.54, 1.807) is 0 Å². The van der Waals surface area contributed by atoms with E-state index in [4.69, 9.17) is 9.47 Å². The van der Waals surface area contributed by atoms with Crippen LogP contribution in [0.3, 0.4) is 0 Å². The molecule has 3 heteroatoms. The van der Waals surface area contributed by atoms with Crippen LogP contribution in [0.15, 0.2) is 30.3 Å². The maximum Gasteiger partial charge on any atom is 0.0937 e. The number of morpholine rings is 1. The minimum absolute atomic E-state index is 0.192. The highest BCUT2D eigenvalue weighted by atomic mass is 16.5. The lowest BCUT2D eigenvalue weighted by molar-refractivity contribution is -0.0792. The molecule has 1 aromatic rings. The minimum atomic E-state index is 0.192. The summed E-state index contributed by atoms with van der Waals surface area (Å²) in [5.41, 5.74) is 1.21. The molecule has 1 aliphatic heterocycles. The molecule has 2 atom stereocenters. The Balaban J connectivity index is 1.68. The molecule has 1 heterocycles. The summed E-state index contributed by atoms with van der Waals surface area (Å²) in [5.74, 6) is 0. The van der Waals surface area contributed by atoms with Crippen LogP contribution in [0.5, 0.6) is 0 Å². The maximum atomic E-state index is 5.89. The highest BCUT2D eigenvalue weighted by Crippen LogP contribution is 2.08. The van der Waals surface area contributed by atoms with Crippen molar-refractivity contribution in [1.29, 1.82) is 0 Å². The molecule has 2 rings (SSSR count). The van der Waals surface area contributed by atoms with E-state index in [1.807, 2.05) is 18.2 Å². The fraction of sp³-hybridized carbons (Fsp3) is 0.571. The van der Waals surface area contributed by atoms with Crippen molar-refractivity contribution in [2.75, 3.05) is 19.7 Å². The predicted octanol–water partition coefficient (Wildman–Crippen LogP) is 1.97. The Bertz CT molecular complexity index is 315. The molecular formula is C14H21NO2. The topological polar surface area (TPSA) is 30.5 Å². The monoisotopic (exact) mass is 235 g/mol. The third-order valence-electron chi connectivity index (χ3n) is 3.00. The van der Waals surface area contributed by atoms with E-state index < -0.39 is 0 Å². The first kappa shape index (κ1) is 12.6. The minimum Gasteiger partial charge on any atom is -0.374 e. The van der Waals surface area contributed by atoms with Crippen LogP contribution in [-0.4, -0.2) is 31.9 Å². The average molecular weight is 235 g/mol. The van der Waals surface area contributed by atoms with Crippen molar-refractivity contribution in [3.8, 4) is 0 Å². The first-order valence-corrected chi connectivity index (χ1v) is 6.36. The van der Waals surface area contributed by atoms with Crippen molar-refractivity contribution in [2.24, 2.45) is 0 Å². The molecule has 3 nitrogen and oxygen atoms in total. The number of hydrogen-bond donors (Lipinski definition) is 1. The molecule has 17 heavy (non-hydrogen) atoms. The van der Waals surface area contributed by atoms with Gasteiger partial charge in [-0.1, -0.05) is 37.3 Å². The lowest BCUT2D eigenvalue weighted by Crippen LogP contribution is -2.46. The summed E-state index contributed by atoms with van der Waals surface area (Å²) in [6, 6.07) is 10.2. The molecule has 1 aliphatic rings. The van der Waals surface area contributed by atoms with E-state index in [0.29, 0.717) is 19.3 Å². The number of rotatable bonds is 5. The van der Waals surface area contributed by atoms with Gasteiger partial charge in [0.2, 0.25) is 0 Å². The molecule has 94 valence electrons. The molecule has 0 aromatic heterocycles. The normalized spacial score (nSPS) is 24.8. The van der Waals surface area contributed by atoms with Gasteiger partial charge in [-0.15, -0.1) is 0 Å². The van der Waals surface area contributed by atoms with Crippen LogP contribution in [0.2, 0.25) is 0 Å². The van der Waals surface area contributed by atoms with Gasteiger partial charge in [0.15, 0.2) is 0 Å². The smallest absolute Gasteiger partial charge is 0.0937 e. The van der Waals surface area contributed by atoms with E-state index in [9.17, 15) is 0 Å². The second-order valence-corrected chi connectivity index (χ2v) is 4.45. The number of ether oxygens (including phenoxy) is 2. The summed E-state index contributed by atoms with van der Waals surface area (Å²) >= 11 is 0. The van der Waals surface area contributed by atoms with Crippen molar-refractivity contribution in [2.45, 2.75) is 32.2 Å². The zero-order valence-electron chi connectivity index (χ0n) is 10.4. The van der Waals surface area contributed by atoms with Crippen LogP contribution >= 0.6 is 0 Å². The molecule has 0 radical (unpaired) electrons. The molecule has 0 aliphatic carbocycles. The lowest BCUT2D eigenvalue weighted by Gasteiger charge is -2.30. The van der Waals surface area contributed by atoms with Gasteiger partial charge in [-0.2, -0.15) is 0 Å². The van der Waals surface area contributed by atoms with Gasteiger partial charge in [0.1, 0.15) is 0 Å². The van der Waals surface area contributed by atoms with E-state index in [0.717, 1.165) is 19.5 Å². The molecule has 0 saturated carbocycles. The van der Waals surface area contributed by atoms with Gasteiger partial charge < -0.3 is 14.8 Å². The number of nitrogens with one attached hydrogen (secondary N) is 1. The van der Waals surface area contributed by atoms with Gasteiger partial charge in [0.25, 0.3) is 0 Å².